The Bertz CT molecular complexity index is 382. The third-order valence-corrected chi connectivity index (χ3v) is 2.38. The summed E-state index contributed by atoms with van der Waals surface area (Å²) in [5.41, 5.74) is 1.98. The Kier molecular flexibility index (Phi) is 4.62. The van der Waals surface area contributed by atoms with Crippen molar-refractivity contribution in [3.8, 4) is 0 Å². The molecule has 0 aliphatic carbocycles. The van der Waals surface area contributed by atoms with Crippen LogP contribution < -0.4 is 5.32 Å². The monoisotopic (exact) mass is 225 g/mol. The van der Waals surface area contributed by atoms with Gasteiger partial charge in [0.05, 0.1) is 0 Å². The van der Waals surface area contributed by atoms with Gasteiger partial charge in [-0.15, -0.1) is 0 Å². The molecule has 0 spiro atoms. The molecule has 1 aromatic rings. The minimum absolute atomic E-state index is 0.00528. The van der Waals surface area contributed by atoms with E-state index in [1.165, 1.54) is 11.6 Å². The van der Waals surface area contributed by atoms with Gasteiger partial charge in [-0.1, -0.05) is 17.7 Å². The quantitative estimate of drug-likeness (QED) is 0.772. The predicted molar refractivity (Wildman–Crippen MR) is 62.2 cm³/mol. The minimum atomic E-state index is -0.805. The van der Waals surface area contributed by atoms with E-state index in [4.69, 9.17) is 0 Å². The first-order chi connectivity index (χ1) is 7.50. The molecule has 1 atom stereocenters. The van der Waals surface area contributed by atoms with Crippen LogP contribution in [0.5, 0.6) is 0 Å². The summed E-state index contributed by atoms with van der Waals surface area (Å²) in [5.74, 6) is -1.60. The first-order valence-electron chi connectivity index (χ1n) is 5.32. The van der Waals surface area contributed by atoms with Gasteiger partial charge in [0, 0.05) is 12.6 Å². The summed E-state index contributed by atoms with van der Waals surface area (Å²) >= 11 is 0. The second-order valence-electron chi connectivity index (χ2n) is 4.08. The Labute approximate surface area is 95.2 Å². The van der Waals surface area contributed by atoms with Crippen molar-refractivity contribution in [2.45, 2.75) is 26.8 Å². The molecular weight excluding hydrogens is 208 g/mol. The maximum atomic E-state index is 13.0. The molecule has 1 nitrogen and oxygen atoms in total. The average Bonchev–Trinajstić information content (AvgIpc) is 2.21. The number of halogens is 2. The van der Waals surface area contributed by atoms with Gasteiger partial charge < -0.3 is 5.32 Å². The Balaban J connectivity index is 2.62. The van der Waals surface area contributed by atoms with Crippen LogP contribution in [0.2, 0.25) is 0 Å². The molecule has 1 rings (SSSR count). The molecular formula is C13H17F2N. The fourth-order valence-electron chi connectivity index (χ4n) is 1.34. The molecule has 0 aliphatic heterocycles. The fourth-order valence-corrected chi connectivity index (χ4v) is 1.34. The maximum absolute atomic E-state index is 13.0. The van der Waals surface area contributed by atoms with Crippen LogP contribution in [0.4, 0.5) is 8.78 Å². The SMILES string of the molecule is CC(C)=CCNC(C)c1ccc(F)c(F)c1. The summed E-state index contributed by atoms with van der Waals surface area (Å²) in [6.07, 6.45) is 2.05. The van der Waals surface area contributed by atoms with Crippen molar-refractivity contribution < 1.29 is 8.78 Å². The van der Waals surface area contributed by atoms with E-state index in [1.807, 2.05) is 20.8 Å². The molecule has 16 heavy (non-hydrogen) atoms. The zero-order valence-corrected chi connectivity index (χ0v) is 9.85. The number of allylic oxidation sites excluding steroid dienone is 1. The van der Waals surface area contributed by atoms with Crippen LogP contribution in [0.1, 0.15) is 32.4 Å². The van der Waals surface area contributed by atoms with Gasteiger partial charge in [0.1, 0.15) is 0 Å². The van der Waals surface area contributed by atoms with Gasteiger partial charge in [-0.3, -0.25) is 0 Å². The minimum Gasteiger partial charge on any atom is -0.307 e. The Morgan fingerprint density at radius 2 is 2.00 bits per heavy atom. The zero-order chi connectivity index (χ0) is 12.1. The summed E-state index contributed by atoms with van der Waals surface area (Å²) in [4.78, 5) is 0. The number of benzene rings is 1. The molecule has 0 aliphatic rings. The van der Waals surface area contributed by atoms with Crippen molar-refractivity contribution in [2.75, 3.05) is 6.54 Å². The van der Waals surface area contributed by atoms with Gasteiger partial charge in [0.2, 0.25) is 0 Å². The second-order valence-corrected chi connectivity index (χ2v) is 4.08. The molecule has 0 fully saturated rings. The molecule has 0 radical (unpaired) electrons. The van der Waals surface area contributed by atoms with E-state index in [0.717, 1.165) is 18.2 Å². The highest BCUT2D eigenvalue weighted by atomic mass is 19.2. The van der Waals surface area contributed by atoms with Crippen molar-refractivity contribution in [3.63, 3.8) is 0 Å². The highest BCUT2D eigenvalue weighted by molar-refractivity contribution is 5.20. The smallest absolute Gasteiger partial charge is 0.159 e. The van der Waals surface area contributed by atoms with Gasteiger partial charge in [-0.25, -0.2) is 8.78 Å². The predicted octanol–water partition coefficient (Wildman–Crippen LogP) is 3.58. The largest absolute Gasteiger partial charge is 0.307 e. The number of rotatable bonds is 4. The average molecular weight is 225 g/mol. The highest BCUT2D eigenvalue weighted by Crippen LogP contribution is 2.15. The Hall–Kier alpha value is -1.22. The number of nitrogens with one attached hydrogen (secondary N) is 1. The summed E-state index contributed by atoms with van der Waals surface area (Å²) < 4.78 is 25.7. The van der Waals surface area contributed by atoms with E-state index in [2.05, 4.69) is 11.4 Å². The van der Waals surface area contributed by atoms with E-state index in [-0.39, 0.29) is 6.04 Å². The highest BCUT2D eigenvalue weighted by Gasteiger charge is 2.07. The number of hydrogen-bond acceptors (Lipinski definition) is 1. The number of hydrogen-bond donors (Lipinski definition) is 1. The van der Waals surface area contributed by atoms with Crippen molar-refractivity contribution in [1.29, 1.82) is 0 Å². The van der Waals surface area contributed by atoms with E-state index in [0.29, 0.717) is 0 Å². The van der Waals surface area contributed by atoms with Gasteiger partial charge >= 0.3 is 0 Å². The van der Waals surface area contributed by atoms with E-state index in [1.54, 1.807) is 6.07 Å². The van der Waals surface area contributed by atoms with E-state index >= 15 is 0 Å². The lowest BCUT2D eigenvalue weighted by Gasteiger charge is -2.13. The maximum Gasteiger partial charge on any atom is 0.159 e. The standard InChI is InChI=1S/C13H17F2N/c1-9(2)6-7-16-10(3)11-4-5-12(14)13(15)8-11/h4-6,8,10,16H,7H2,1-3H3. The summed E-state index contributed by atoms with van der Waals surface area (Å²) in [7, 11) is 0. The van der Waals surface area contributed by atoms with Crippen molar-refractivity contribution >= 4 is 0 Å². The van der Waals surface area contributed by atoms with Crippen molar-refractivity contribution in [3.05, 3.63) is 47.0 Å². The first kappa shape index (κ1) is 12.8. The molecule has 0 heterocycles. The lowest BCUT2D eigenvalue weighted by Crippen LogP contribution is -2.18. The first-order valence-corrected chi connectivity index (χ1v) is 5.32. The van der Waals surface area contributed by atoms with Crippen LogP contribution in [-0.2, 0) is 0 Å². The zero-order valence-electron chi connectivity index (χ0n) is 9.85. The van der Waals surface area contributed by atoms with Crippen molar-refractivity contribution in [1.82, 2.24) is 5.32 Å². The molecule has 3 heteroatoms. The van der Waals surface area contributed by atoms with Gasteiger partial charge in [0.25, 0.3) is 0 Å². The van der Waals surface area contributed by atoms with Crippen LogP contribution in [0.25, 0.3) is 0 Å². The van der Waals surface area contributed by atoms with Gasteiger partial charge in [-0.2, -0.15) is 0 Å². The van der Waals surface area contributed by atoms with Crippen LogP contribution >= 0.6 is 0 Å². The summed E-state index contributed by atoms with van der Waals surface area (Å²) in [6.45, 7) is 6.68. The summed E-state index contributed by atoms with van der Waals surface area (Å²) in [6, 6.07) is 3.99. The van der Waals surface area contributed by atoms with Gasteiger partial charge in [-0.05, 0) is 38.5 Å². The molecule has 1 unspecified atom stereocenters. The third-order valence-electron chi connectivity index (χ3n) is 2.38. The van der Waals surface area contributed by atoms with Crippen LogP contribution in [-0.4, -0.2) is 6.54 Å². The molecule has 0 amide bonds. The lowest BCUT2D eigenvalue weighted by atomic mass is 10.1. The molecule has 0 saturated heterocycles. The molecule has 0 saturated carbocycles. The lowest BCUT2D eigenvalue weighted by molar-refractivity contribution is 0.503. The molecule has 0 aromatic heterocycles. The molecule has 1 N–H and O–H groups in total. The summed E-state index contributed by atoms with van der Waals surface area (Å²) in [5, 5.41) is 3.21. The van der Waals surface area contributed by atoms with E-state index < -0.39 is 11.6 Å². The van der Waals surface area contributed by atoms with Crippen molar-refractivity contribution in [2.24, 2.45) is 0 Å². The van der Waals surface area contributed by atoms with E-state index in [9.17, 15) is 8.78 Å². The topological polar surface area (TPSA) is 12.0 Å². The third kappa shape index (κ3) is 3.74. The van der Waals surface area contributed by atoms with Gasteiger partial charge in [0.15, 0.2) is 11.6 Å². The van der Waals surface area contributed by atoms with Crippen LogP contribution in [0, 0.1) is 11.6 Å². The van der Waals surface area contributed by atoms with Crippen LogP contribution in [0.3, 0.4) is 0 Å². The van der Waals surface area contributed by atoms with Crippen LogP contribution in [0.15, 0.2) is 29.8 Å². The second kappa shape index (κ2) is 5.75. The molecule has 0 bridgehead atoms. The molecule has 88 valence electrons. The normalized spacial score (nSPS) is 12.3. The Morgan fingerprint density at radius 3 is 2.56 bits per heavy atom. The molecule has 1 aromatic carbocycles. The Morgan fingerprint density at radius 1 is 1.31 bits per heavy atom. The fraction of sp³-hybridized carbons (Fsp3) is 0.385.